The zero-order valence-electron chi connectivity index (χ0n) is 16.6. The fraction of sp³-hybridized carbons (Fsp3) is 0.429. The third-order valence-electron chi connectivity index (χ3n) is 4.97. The van der Waals surface area contributed by atoms with Crippen LogP contribution < -0.4 is 5.32 Å². The van der Waals surface area contributed by atoms with Crippen LogP contribution in [-0.4, -0.2) is 46.5 Å². The van der Waals surface area contributed by atoms with E-state index in [1.165, 1.54) is 11.3 Å². The molecule has 3 heterocycles. The van der Waals surface area contributed by atoms with Crippen LogP contribution >= 0.6 is 11.3 Å². The number of fused-ring (bicyclic) bond motifs is 1. The maximum absolute atomic E-state index is 13.0. The van der Waals surface area contributed by atoms with E-state index >= 15 is 0 Å². The minimum absolute atomic E-state index is 0.0138. The Morgan fingerprint density at radius 2 is 1.89 bits per heavy atom. The number of carbonyl (C=O) groups excluding carboxylic acids is 1. The van der Waals surface area contributed by atoms with Gasteiger partial charge in [-0.1, -0.05) is 13.8 Å². The molecule has 3 aromatic heterocycles. The molecule has 3 rings (SSSR count). The van der Waals surface area contributed by atoms with Crippen LogP contribution in [0.15, 0.2) is 30.5 Å². The van der Waals surface area contributed by atoms with Crippen LogP contribution in [0.4, 0.5) is 0 Å². The predicted molar refractivity (Wildman–Crippen MR) is 113 cm³/mol. The average Bonchev–Trinajstić information content (AvgIpc) is 3.21. The molecule has 0 aromatic carbocycles. The molecule has 0 atom stereocenters. The summed E-state index contributed by atoms with van der Waals surface area (Å²) in [6, 6.07) is 8.14. The van der Waals surface area contributed by atoms with E-state index in [9.17, 15) is 4.79 Å². The van der Waals surface area contributed by atoms with E-state index in [1.807, 2.05) is 12.1 Å². The van der Waals surface area contributed by atoms with Crippen LogP contribution in [0.3, 0.4) is 0 Å². The number of nitrogens with zero attached hydrogens (tertiary/aromatic N) is 3. The number of pyridine rings is 1. The van der Waals surface area contributed by atoms with Gasteiger partial charge in [-0.2, -0.15) is 0 Å². The third kappa shape index (κ3) is 4.06. The molecule has 0 radical (unpaired) electrons. The normalized spacial score (nSPS) is 11.4. The molecular formula is C21H28N4OS. The fourth-order valence-electron chi connectivity index (χ4n) is 3.44. The molecule has 0 bridgehead atoms. The molecular weight excluding hydrogens is 356 g/mol. The summed E-state index contributed by atoms with van der Waals surface area (Å²) < 4.78 is 2.16. The van der Waals surface area contributed by atoms with Gasteiger partial charge in [0.2, 0.25) is 0 Å². The van der Waals surface area contributed by atoms with E-state index in [4.69, 9.17) is 0 Å². The molecule has 0 fully saturated rings. The number of rotatable bonds is 8. The number of nitrogens with one attached hydrogen (secondary N) is 1. The molecule has 3 aromatic rings. The topological polar surface area (TPSA) is 50.2 Å². The van der Waals surface area contributed by atoms with Gasteiger partial charge in [-0.05, 0) is 64.2 Å². The van der Waals surface area contributed by atoms with Gasteiger partial charge in [-0.25, -0.2) is 4.98 Å². The van der Waals surface area contributed by atoms with Crippen molar-refractivity contribution in [2.75, 3.05) is 26.2 Å². The lowest BCUT2D eigenvalue weighted by molar-refractivity contribution is 0.0956. The van der Waals surface area contributed by atoms with Crippen LogP contribution in [0.5, 0.6) is 0 Å². The first-order chi connectivity index (χ1) is 13.1. The number of hydrogen-bond acceptors (Lipinski definition) is 4. The first kappa shape index (κ1) is 19.6. The van der Waals surface area contributed by atoms with Crippen LogP contribution in [0.2, 0.25) is 0 Å². The molecule has 0 saturated carbocycles. The maximum Gasteiger partial charge on any atom is 0.263 e. The maximum atomic E-state index is 13.0. The lowest BCUT2D eigenvalue weighted by atomic mass is 10.2. The Labute approximate surface area is 165 Å². The van der Waals surface area contributed by atoms with Crippen molar-refractivity contribution in [3.8, 4) is 5.69 Å². The van der Waals surface area contributed by atoms with Crippen molar-refractivity contribution in [3.63, 3.8) is 0 Å². The van der Waals surface area contributed by atoms with Crippen molar-refractivity contribution < 1.29 is 4.79 Å². The van der Waals surface area contributed by atoms with Crippen molar-refractivity contribution in [3.05, 3.63) is 46.7 Å². The van der Waals surface area contributed by atoms with Gasteiger partial charge in [0.15, 0.2) is 0 Å². The first-order valence-corrected chi connectivity index (χ1v) is 10.4. The smallest absolute Gasteiger partial charge is 0.263 e. The van der Waals surface area contributed by atoms with Gasteiger partial charge in [-0.15, -0.1) is 11.3 Å². The number of thiophene rings is 1. The highest BCUT2D eigenvalue weighted by atomic mass is 32.1. The van der Waals surface area contributed by atoms with E-state index in [1.54, 1.807) is 6.20 Å². The average molecular weight is 385 g/mol. The SMILES string of the molecule is CCN(CC)CCCNC(=O)c1sc2ncccc2c1-n1c(C)ccc1C. The van der Waals surface area contributed by atoms with E-state index in [0.29, 0.717) is 6.54 Å². The molecule has 0 spiro atoms. The Morgan fingerprint density at radius 3 is 2.56 bits per heavy atom. The quantitative estimate of drug-likeness (QED) is 0.593. The van der Waals surface area contributed by atoms with E-state index in [2.05, 4.69) is 59.6 Å². The number of amides is 1. The summed E-state index contributed by atoms with van der Waals surface area (Å²) in [5.74, 6) is -0.0138. The molecule has 1 N–H and O–H groups in total. The summed E-state index contributed by atoms with van der Waals surface area (Å²) in [4.78, 5) is 21.5. The zero-order chi connectivity index (χ0) is 19.4. The van der Waals surface area contributed by atoms with Crippen molar-refractivity contribution in [2.24, 2.45) is 0 Å². The van der Waals surface area contributed by atoms with Crippen LogP contribution in [0.1, 0.15) is 41.3 Å². The Balaban J connectivity index is 1.86. The van der Waals surface area contributed by atoms with E-state index in [-0.39, 0.29) is 5.91 Å². The van der Waals surface area contributed by atoms with Gasteiger partial charge >= 0.3 is 0 Å². The Bertz CT molecular complexity index is 904. The Hall–Kier alpha value is -2.18. The molecule has 0 saturated heterocycles. The monoisotopic (exact) mass is 384 g/mol. The lowest BCUT2D eigenvalue weighted by Gasteiger charge is -2.17. The van der Waals surface area contributed by atoms with Gasteiger partial charge in [0.05, 0.1) is 5.69 Å². The minimum atomic E-state index is -0.0138. The Morgan fingerprint density at radius 1 is 1.19 bits per heavy atom. The van der Waals surface area contributed by atoms with Crippen molar-refractivity contribution in [1.82, 2.24) is 19.8 Å². The van der Waals surface area contributed by atoms with Gasteiger partial charge in [0.25, 0.3) is 5.91 Å². The van der Waals surface area contributed by atoms with Crippen molar-refractivity contribution in [2.45, 2.75) is 34.1 Å². The number of hydrogen-bond donors (Lipinski definition) is 1. The Kier molecular flexibility index (Phi) is 6.29. The summed E-state index contributed by atoms with van der Waals surface area (Å²) in [5.41, 5.74) is 3.18. The highest BCUT2D eigenvalue weighted by Gasteiger charge is 2.22. The van der Waals surface area contributed by atoms with Crippen molar-refractivity contribution in [1.29, 1.82) is 0 Å². The highest BCUT2D eigenvalue weighted by Crippen LogP contribution is 2.34. The van der Waals surface area contributed by atoms with Crippen LogP contribution in [0, 0.1) is 13.8 Å². The zero-order valence-corrected chi connectivity index (χ0v) is 17.4. The summed E-state index contributed by atoms with van der Waals surface area (Å²) in [6.45, 7) is 12.2. The molecule has 0 aliphatic carbocycles. The summed E-state index contributed by atoms with van der Waals surface area (Å²) in [7, 11) is 0. The standard InChI is InChI=1S/C21H28N4OS/c1-5-24(6-2)14-8-13-22-20(26)19-18(25-15(3)10-11-16(25)4)17-9-7-12-23-21(17)27-19/h7,9-12H,5-6,8,13-14H2,1-4H3,(H,22,26). The summed E-state index contributed by atoms with van der Waals surface area (Å²) in [5, 5.41) is 4.13. The second kappa shape index (κ2) is 8.67. The molecule has 6 heteroatoms. The molecule has 144 valence electrons. The molecule has 1 amide bonds. The fourth-order valence-corrected chi connectivity index (χ4v) is 4.49. The van der Waals surface area contributed by atoms with E-state index < -0.39 is 0 Å². The van der Waals surface area contributed by atoms with Crippen LogP contribution in [-0.2, 0) is 0 Å². The molecule has 5 nitrogen and oxygen atoms in total. The van der Waals surface area contributed by atoms with Gasteiger partial charge in [0, 0.05) is 29.5 Å². The molecule has 0 aliphatic rings. The molecule has 27 heavy (non-hydrogen) atoms. The second-order valence-corrected chi connectivity index (χ2v) is 7.72. The third-order valence-corrected chi connectivity index (χ3v) is 6.07. The van der Waals surface area contributed by atoms with Gasteiger partial charge in [-0.3, -0.25) is 4.79 Å². The minimum Gasteiger partial charge on any atom is -0.351 e. The molecule has 0 aliphatic heterocycles. The second-order valence-electron chi connectivity index (χ2n) is 6.72. The van der Waals surface area contributed by atoms with E-state index in [0.717, 1.165) is 58.2 Å². The van der Waals surface area contributed by atoms with Crippen molar-refractivity contribution >= 4 is 27.5 Å². The molecule has 0 unspecified atom stereocenters. The summed E-state index contributed by atoms with van der Waals surface area (Å²) >= 11 is 1.47. The first-order valence-electron chi connectivity index (χ1n) is 9.60. The largest absolute Gasteiger partial charge is 0.351 e. The van der Waals surface area contributed by atoms with Gasteiger partial charge < -0.3 is 14.8 Å². The van der Waals surface area contributed by atoms with Gasteiger partial charge in [0.1, 0.15) is 9.71 Å². The number of aryl methyl sites for hydroxylation is 2. The predicted octanol–water partition coefficient (Wildman–Crippen LogP) is 4.17. The number of carbonyl (C=O) groups is 1. The number of aromatic nitrogens is 2. The summed E-state index contributed by atoms with van der Waals surface area (Å²) in [6.07, 6.45) is 2.73. The highest BCUT2D eigenvalue weighted by molar-refractivity contribution is 7.21. The lowest BCUT2D eigenvalue weighted by Crippen LogP contribution is -2.30. The van der Waals surface area contributed by atoms with Crippen LogP contribution in [0.25, 0.3) is 15.9 Å².